The number of halogens is 3. The average molecular weight is 247 g/mol. The lowest BCUT2D eigenvalue weighted by Gasteiger charge is -2.13. The SMILES string of the molecule is CCC(C)CNc1cc(C(F)(F)F)cc(N)n1. The zero-order valence-corrected chi connectivity index (χ0v) is 9.80. The number of anilines is 2. The largest absolute Gasteiger partial charge is 0.416 e. The number of pyridine rings is 1. The summed E-state index contributed by atoms with van der Waals surface area (Å²) in [6.07, 6.45) is -3.45. The molecule has 1 aromatic rings. The van der Waals surface area contributed by atoms with E-state index in [1.807, 2.05) is 13.8 Å². The molecule has 1 heterocycles. The highest BCUT2D eigenvalue weighted by atomic mass is 19.4. The first-order chi connectivity index (χ1) is 7.82. The van der Waals surface area contributed by atoms with Gasteiger partial charge in [-0.05, 0) is 18.1 Å². The van der Waals surface area contributed by atoms with E-state index in [4.69, 9.17) is 5.73 Å². The molecule has 3 nitrogen and oxygen atoms in total. The van der Waals surface area contributed by atoms with Crippen molar-refractivity contribution in [3.63, 3.8) is 0 Å². The number of rotatable bonds is 4. The van der Waals surface area contributed by atoms with Crippen molar-refractivity contribution in [2.75, 3.05) is 17.6 Å². The second-order valence-corrected chi connectivity index (χ2v) is 4.06. The molecule has 1 atom stereocenters. The third-order valence-electron chi connectivity index (χ3n) is 2.50. The van der Waals surface area contributed by atoms with Crippen molar-refractivity contribution < 1.29 is 13.2 Å². The Labute approximate surface area is 98.2 Å². The van der Waals surface area contributed by atoms with Gasteiger partial charge < -0.3 is 11.1 Å². The molecular weight excluding hydrogens is 231 g/mol. The monoisotopic (exact) mass is 247 g/mol. The Morgan fingerprint density at radius 3 is 2.59 bits per heavy atom. The van der Waals surface area contributed by atoms with Crippen LogP contribution in [0, 0.1) is 5.92 Å². The number of alkyl halides is 3. The Morgan fingerprint density at radius 1 is 1.41 bits per heavy atom. The summed E-state index contributed by atoms with van der Waals surface area (Å²) in [4.78, 5) is 3.82. The standard InChI is InChI=1S/C11H16F3N3/c1-3-7(2)6-16-10-5-8(11(12,13)14)4-9(15)17-10/h4-5,7H,3,6H2,1-2H3,(H3,15,16,17). The van der Waals surface area contributed by atoms with Crippen molar-refractivity contribution in [1.82, 2.24) is 4.98 Å². The van der Waals surface area contributed by atoms with Gasteiger partial charge in [0.05, 0.1) is 5.56 Å². The number of aromatic nitrogens is 1. The van der Waals surface area contributed by atoms with Gasteiger partial charge in [0, 0.05) is 6.54 Å². The zero-order valence-electron chi connectivity index (χ0n) is 9.80. The fourth-order valence-electron chi connectivity index (χ4n) is 1.23. The normalized spacial score (nSPS) is 13.5. The molecule has 0 aliphatic carbocycles. The molecule has 0 saturated heterocycles. The molecule has 6 heteroatoms. The molecule has 3 N–H and O–H groups in total. The van der Waals surface area contributed by atoms with Crippen LogP contribution in [0.3, 0.4) is 0 Å². The third kappa shape index (κ3) is 4.13. The van der Waals surface area contributed by atoms with E-state index in [1.165, 1.54) is 0 Å². The molecule has 0 aromatic carbocycles. The first-order valence-electron chi connectivity index (χ1n) is 5.41. The number of nitrogen functional groups attached to an aromatic ring is 1. The number of nitrogens with zero attached hydrogens (tertiary/aromatic N) is 1. The maximum absolute atomic E-state index is 12.5. The molecule has 0 aliphatic rings. The van der Waals surface area contributed by atoms with Crippen LogP contribution >= 0.6 is 0 Å². The predicted molar refractivity (Wildman–Crippen MR) is 61.6 cm³/mol. The van der Waals surface area contributed by atoms with Crippen LogP contribution in [0.15, 0.2) is 12.1 Å². The number of nitrogens with one attached hydrogen (secondary N) is 1. The minimum atomic E-state index is -4.40. The molecule has 0 bridgehead atoms. The lowest BCUT2D eigenvalue weighted by atomic mass is 10.1. The molecule has 1 rings (SSSR count). The van der Waals surface area contributed by atoms with Crippen LogP contribution in [-0.2, 0) is 6.18 Å². The smallest absolute Gasteiger partial charge is 0.384 e. The Bertz CT molecular complexity index is 377. The van der Waals surface area contributed by atoms with E-state index in [2.05, 4.69) is 10.3 Å². The Morgan fingerprint density at radius 2 is 2.06 bits per heavy atom. The van der Waals surface area contributed by atoms with Gasteiger partial charge in [0.1, 0.15) is 11.6 Å². The maximum Gasteiger partial charge on any atom is 0.416 e. The van der Waals surface area contributed by atoms with E-state index < -0.39 is 11.7 Å². The van der Waals surface area contributed by atoms with E-state index >= 15 is 0 Å². The summed E-state index contributed by atoms with van der Waals surface area (Å²) in [5.74, 6) is 0.400. The van der Waals surface area contributed by atoms with Gasteiger partial charge in [0.25, 0.3) is 0 Å². The van der Waals surface area contributed by atoms with Crippen molar-refractivity contribution in [2.24, 2.45) is 5.92 Å². The Kier molecular flexibility index (Phi) is 4.20. The molecule has 0 aliphatic heterocycles. The lowest BCUT2D eigenvalue weighted by molar-refractivity contribution is -0.137. The minimum Gasteiger partial charge on any atom is -0.384 e. The Hall–Kier alpha value is -1.46. The fourth-order valence-corrected chi connectivity index (χ4v) is 1.23. The molecule has 0 radical (unpaired) electrons. The number of hydrogen-bond acceptors (Lipinski definition) is 3. The van der Waals surface area contributed by atoms with Gasteiger partial charge in [-0.15, -0.1) is 0 Å². The topological polar surface area (TPSA) is 50.9 Å². The van der Waals surface area contributed by atoms with E-state index in [1.54, 1.807) is 0 Å². The molecule has 96 valence electrons. The highest BCUT2D eigenvalue weighted by molar-refractivity contribution is 5.47. The highest BCUT2D eigenvalue weighted by Crippen LogP contribution is 2.31. The van der Waals surface area contributed by atoms with Gasteiger partial charge in [-0.1, -0.05) is 20.3 Å². The summed E-state index contributed by atoms with van der Waals surface area (Å²) >= 11 is 0. The zero-order chi connectivity index (χ0) is 13.1. The molecule has 0 fully saturated rings. The van der Waals surface area contributed by atoms with Crippen LogP contribution in [0.1, 0.15) is 25.8 Å². The minimum absolute atomic E-state index is 0.133. The maximum atomic E-state index is 12.5. The number of hydrogen-bond donors (Lipinski definition) is 2. The summed E-state index contributed by atoms with van der Waals surface area (Å²) in [5.41, 5.74) is 4.56. The summed E-state index contributed by atoms with van der Waals surface area (Å²) in [6.45, 7) is 4.59. The van der Waals surface area contributed by atoms with Crippen LogP contribution in [-0.4, -0.2) is 11.5 Å². The molecule has 0 amide bonds. The van der Waals surface area contributed by atoms with Crippen molar-refractivity contribution in [3.05, 3.63) is 17.7 Å². The quantitative estimate of drug-likeness (QED) is 0.859. The fraction of sp³-hybridized carbons (Fsp3) is 0.545. The summed E-state index contributed by atoms with van der Waals surface area (Å²) in [6, 6.07) is 1.80. The lowest BCUT2D eigenvalue weighted by Crippen LogP contribution is -2.14. The van der Waals surface area contributed by atoms with Gasteiger partial charge >= 0.3 is 6.18 Å². The van der Waals surface area contributed by atoms with Crippen molar-refractivity contribution in [1.29, 1.82) is 0 Å². The first-order valence-corrected chi connectivity index (χ1v) is 5.41. The van der Waals surface area contributed by atoms with Gasteiger partial charge in [-0.25, -0.2) is 4.98 Å². The van der Waals surface area contributed by atoms with Crippen LogP contribution in [0.25, 0.3) is 0 Å². The first kappa shape index (κ1) is 13.6. The molecule has 17 heavy (non-hydrogen) atoms. The summed E-state index contributed by atoms with van der Waals surface area (Å²) in [5, 5.41) is 2.86. The molecule has 1 aromatic heterocycles. The van der Waals surface area contributed by atoms with Crippen LogP contribution < -0.4 is 11.1 Å². The van der Waals surface area contributed by atoms with Gasteiger partial charge in [-0.2, -0.15) is 13.2 Å². The van der Waals surface area contributed by atoms with E-state index in [9.17, 15) is 13.2 Å². The summed E-state index contributed by atoms with van der Waals surface area (Å²) in [7, 11) is 0. The van der Waals surface area contributed by atoms with Crippen LogP contribution in [0.4, 0.5) is 24.8 Å². The van der Waals surface area contributed by atoms with Crippen LogP contribution in [0.2, 0.25) is 0 Å². The Balaban J connectivity index is 2.83. The molecule has 1 unspecified atom stereocenters. The van der Waals surface area contributed by atoms with E-state index in [0.717, 1.165) is 18.6 Å². The third-order valence-corrected chi connectivity index (χ3v) is 2.50. The van der Waals surface area contributed by atoms with Gasteiger partial charge in [0.2, 0.25) is 0 Å². The second kappa shape index (κ2) is 5.25. The van der Waals surface area contributed by atoms with Crippen molar-refractivity contribution in [2.45, 2.75) is 26.4 Å². The van der Waals surface area contributed by atoms with Crippen molar-refractivity contribution in [3.8, 4) is 0 Å². The molecule has 0 spiro atoms. The molecular formula is C11H16F3N3. The van der Waals surface area contributed by atoms with Gasteiger partial charge in [0.15, 0.2) is 0 Å². The summed E-state index contributed by atoms with van der Waals surface area (Å²) < 4.78 is 37.5. The predicted octanol–water partition coefficient (Wildman–Crippen LogP) is 3.14. The van der Waals surface area contributed by atoms with E-state index in [0.29, 0.717) is 12.5 Å². The van der Waals surface area contributed by atoms with E-state index in [-0.39, 0.29) is 11.6 Å². The van der Waals surface area contributed by atoms with Gasteiger partial charge in [-0.3, -0.25) is 0 Å². The number of nitrogens with two attached hydrogens (primary N) is 1. The second-order valence-electron chi connectivity index (χ2n) is 4.06. The van der Waals surface area contributed by atoms with Crippen LogP contribution in [0.5, 0.6) is 0 Å². The average Bonchev–Trinajstić information content (AvgIpc) is 2.24. The highest BCUT2D eigenvalue weighted by Gasteiger charge is 2.31. The molecule has 0 saturated carbocycles. The van der Waals surface area contributed by atoms with Crippen molar-refractivity contribution >= 4 is 11.6 Å².